The van der Waals surface area contributed by atoms with Crippen molar-refractivity contribution >= 4 is 35.5 Å². The van der Waals surface area contributed by atoms with Gasteiger partial charge in [-0.1, -0.05) is 97.5 Å². The van der Waals surface area contributed by atoms with Gasteiger partial charge in [0.25, 0.3) is 0 Å². The Morgan fingerprint density at radius 3 is 1.72 bits per heavy atom. The molecular weight excluding hydrogens is 370 g/mol. The maximum absolute atomic E-state index is 11.3. The first-order valence-electron chi connectivity index (χ1n) is 9.72. The zero-order valence-corrected chi connectivity index (χ0v) is 17.4. The molecule has 0 aromatic heterocycles. The van der Waals surface area contributed by atoms with Crippen LogP contribution in [0.1, 0.15) is 5.56 Å². The third-order valence-electron chi connectivity index (χ3n) is 5.42. The molecule has 0 spiro atoms. The van der Waals surface area contributed by atoms with E-state index in [9.17, 15) is 5.11 Å². The fourth-order valence-electron chi connectivity index (χ4n) is 3.75. The number of para-hydroxylation sites is 2. The highest BCUT2D eigenvalue weighted by atomic mass is 28.3. The molecule has 1 N–H and O–H groups in total. The van der Waals surface area contributed by atoms with E-state index in [0.29, 0.717) is 5.75 Å². The minimum atomic E-state index is -2.37. The Kier molecular flexibility index (Phi) is 5.41. The molecule has 0 heterocycles. The topological polar surface area (TPSA) is 32.6 Å². The summed E-state index contributed by atoms with van der Waals surface area (Å²) in [6.07, 6.45) is 1.75. The molecule has 0 bridgehead atoms. The van der Waals surface area contributed by atoms with Crippen molar-refractivity contribution in [3.05, 3.63) is 115 Å². The number of benzene rings is 4. The van der Waals surface area contributed by atoms with Crippen molar-refractivity contribution in [2.45, 2.75) is 6.55 Å². The first-order chi connectivity index (χ1) is 14.2. The lowest BCUT2D eigenvalue weighted by Gasteiger charge is -2.30. The van der Waals surface area contributed by atoms with Gasteiger partial charge in [-0.05, 0) is 33.8 Å². The standard InChI is InChI=1S/C26H23NOSi/c1-29(23-15-7-3-8-16-23,24-17-9-4-10-18-24)25-19-11-12-21(26(25)28)20-27-22-13-5-2-6-14-22/h2-20,28H,1H3. The van der Waals surface area contributed by atoms with Crippen LogP contribution >= 0.6 is 0 Å². The van der Waals surface area contributed by atoms with Crippen LogP contribution in [0.15, 0.2) is 114 Å². The van der Waals surface area contributed by atoms with Crippen LogP contribution in [0.4, 0.5) is 5.69 Å². The van der Waals surface area contributed by atoms with E-state index < -0.39 is 8.07 Å². The molecule has 142 valence electrons. The molecule has 0 aliphatic carbocycles. The zero-order chi connectivity index (χ0) is 20.1. The average Bonchev–Trinajstić information content (AvgIpc) is 2.80. The van der Waals surface area contributed by atoms with Crippen LogP contribution in [-0.2, 0) is 0 Å². The normalized spacial score (nSPS) is 11.6. The maximum atomic E-state index is 11.3. The number of phenols is 1. The largest absolute Gasteiger partial charge is 0.507 e. The van der Waals surface area contributed by atoms with Crippen molar-refractivity contribution in [1.29, 1.82) is 0 Å². The minimum absolute atomic E-state index is 0.314. The molecule has 4 rings (SSSR count). The molecule has 0 unspecified atom stereocenters. The van der Waals surface area contributed by atoms with Crippen molar-refractivity contribution in [3.63, 3.8) is 0 Å². The summed E-state index contributed by atoms with van der Waals surface area (Å²) in [5.74, 6) is 0.314. The van der Waals surface area contributed by atoms with Crippen molar-refractivity contribution in [2.24, 2.45) is 4.99 Å². The second kappa shape index (κ2) is 8.29. The smallest absolute Gasteiger partial charge is 0.150 e. The van der Waals surface area contributed by atoms with Crippen molar-refractivity contribution in [1.82, 2.24) is 0 Å². The molecule has 0 amide bonds. The molecular formula is C26H23NOSi. The van der Waals surface area contributed by atoms with E-state index >= 15 is 0 Å². The van der Waals surface area contributed by atoms with Gasteiger partial charge in [-0.2, -0.15) is 0 Å². The van der Waals surface area contributed by atoms with Crippen molar-refractivity contribution in [2.75, 3.05) is 0 Å². The van der Waals surface area contributed by atoms with Crippen LogP contribution in [0.5, 0.6) is 5.75 Å². The van der Waals surface area contributed by atoms with Gasteiger partial charge in [0.15, 0.2) is 0 Å². The first-order valence-corrected chi connectivity index (χ1v) is 12.2. The van der Waals surface area contributed by atoms with Gasteiger partial charge in [0.1, 0.15) is 13.8 Å². The SMILES string of the molecule is C[Si](c1ccccc1)(c1ccccc1)c1cccc(C=Nc2ccccc2)c1O. The summed E-state index contributed by atoms with van der Waals surface area (Å²) in [6.45, 7) is 2.30. The van der Waals surface area contributed by atoms with Crippen LogP contribution < -0.4 is 15.6 Å². The number of nitrogens with zero attached hydrogens (tertiary/aromatic N) is 1. The summed E-state index contributed by atoms with van der Waals surface area (Å²) < 4.78 is 0. The Hall–Kier alpha value is -3.43. The van der Waals surface area contributed by atoms with Crippen LogP contribution in [0.2, 0.25) is 6.55 Å². The van der Waals surface area contributed by atoms with E-state index in [1.54, 1.807) is 6.21 Å². The average molecular weight is 394 g/mol. The summed E-state index contributed by atoms with van der Waals surface area (Å²) in [4.78, 5) is 4.54. The monoisotopic (exact) mass is 393 g/mol. The van der Waals surface area contributed by atoms with Gasteiger partial charge in [-0.25, -0.2) is 0 Å². The molecule has 0 fully saturated rings. The van der Waals surface area contributed by atoms with Gasteiger partial charge in [-0.15, -0.1) is 0 Å². The third-order valence-corrected chi connectivity index (χ3v) is 9.87. The van der Waals surface area contributed by atoms with E-state index in [0.717, 1.165) is 16.4 Å². The molecule has 2 nitrogen and oxygen atoms in total. The molecule has 4 aromatic carbocycles. The first kappa shape index (κ1) is 18.9. The van der Waals surface area contributed by atoms with E-state index in [4.69, 9.17) is 0 Å². The maximum Gasteiger partial charge on any atom is 0.150 e. The molecule has 0 saturated carbocycles. The predicted octanol–water partition coefficient (Wildman–Crippen LogP) is 4.24. The number of aliphatic imine (C=N–C) groups is 1. The van der Waals surface area contributed by atoms with Gasteiger partial charge in [-0.3, -0.25) is 4.99 Å². The van der Waals surface area contributed by atoms with E-state index in [2.05, 4.69) is 66.1 Å². The van der Waals surface area contributed by atoms with Gasteiger partial charge < -0.3 is 5.11 Å². The van der Waals surface area contributed by atoms with E-state index in [-0.39, 0.29) is 0 Å². The highest BCUT2D eigenvalue weighted by Gasteiger charge is 2.36. The lowest BCUT2D eigenvalue weighted by molar-refractivity contribution is 0.478. The van der Waals surface area contributed by atoms with Crippen molar-refractivity contribution in [3.8, 4) is 5.75 Å². The molecule has 3 heteroatoms. The van der Waals surface area contributed by atoms with Gasteiger partial charge in [0.2, 0.25) is 0 Å². The minimum Gasteiger partial charge on any atom is -0.507 e. The molecule has 29 heavy (non-hydrogen) atoms. The summed E-state index contributed by atoms with van der Waals surface area (Å²) in [7, 11) is -2.37. The molecule has 0 saturated heterocycles. The van der Waals surface area contributed by atoms with Gasteiger partial charge in [0.05, 0.1) is 5.69 Å². The lowest BCUT2D eigenvalue weighted by Crippen LogP contribution is -2.64. The molecule has 0 aliphatic heterocycles. The van der Waals surface area contributed by atoms with E-state index in [1.807, 2.05) is 54.6 Å². The fraction of sp³-hybridized carbons (Fsp3) is 0.0385. The number of phenolic OH excluding ortho intramolecular Hbond substituents is 1. The quantitative estimate of drug-likeness (QED) is 0.307. The fourth-order valence-corrected chi connectivity index (χ4v) is 7.47. The molecule has 0 radical (unpaired) electrons. The Bertz CT molecular complexity index is 1070. The van der Waals surface area contributed by atoms with Crippen LogP contribution in [-0.4, -0.2) is 19.4 Å². The summed E-state index contributed by atoms with van der Waals surface area (Å²) in [6, 6.07) is 36.8. The lowest BCUT2D eigenvalue weighted by atomic mass is 10.2. The summed E-state index contributed by atoms with van der Waals surface area (Å²) >= 11 is 0. The Morgan fingerprint density at radius 1 is 0.655 bits per heavy atom. The second-order valence-electron chi connectivity index (χ2n) is 7.19. The molecule has 0 aliphatic rings. The number of hydrogen-bond acceptors (Lipinski definition) is 2. The van der Waals surface area contributed by atoms with E-state index in [1.165, 1.54) is 10.4 Å². The van der Waals surface area contributed by atoms with Crippen LogP contribution in [0.3, 0.4) is 0 Å². The predicted molar refractivity (Wildman–Crippen MR) is 125 cm³/mol. The zero-order valence-electron chi connectivity index (χ0n) is 16.4. The Labute approximate surface area is 172 Å². The Balaban J connectivity index is 1.85. The summed E-state index contributed by atoms with van der Waals surface area (Å²) in [5.41, 5.74) is 1.60. The summed E-state index contributed by atoms with van der Waals surface area (Å²) in [5, 5.41) is 14.8. The number of hydrogen-bond donors (Lipinski definition) is 1. The third kappa shape index (κ3) is 3.78. The van der Waals surface area contributed by atoms with Crippen LogP contribution in [0.25, 0.3) is 0 Å². The highest BCUT2D eigenvalue weighted by molar-refractivity contribution is 7.11. The number of rotatable bonds is 5. The second-order valence-corrected chi connectivity index (χ2v) is 11.1. The highest BCUT2D eigenvalue weighted by Crippen LogP contribution is 2.19. The van der Waals surface area contributed by atoms with Crippen LogP contribution in [0, 0.1) is 0 Å². The van der Waals surface area contributed by atoms with Crippen molar-refractivity contribution < 1.29 is 5.11 Å². The Morgan fingerprint density at radius 2 is 1.17 bits per heavy atom. The molecule has 4 aromatic rings. The van der Waals surface area contributed by atoms with Gasteiger partial charge >= 0.3 is 0 Å². The molecule has 0 atom stereocenters. The number of aromatic hydroxyl groups is 1. The van der Waals surface area contributed by atoms with Gasteiger partial charge in [0, 0.05) is 11.8 Å².